The number of hydrogen-bond donors (Lipinski definition) is 1. The molecule has 0 unspecified atom stereocenters. The third-order valence-corrected chi connectivity index (χ3v) is 6.20. The summed E-state index contributed by atoms with van der Waals surface area (Å²) in [5.41, 5.74) is 4.60. The van der Waals surface area contributed by atoms with Gasteiger partial charge in [0.15, 0.2) is 0 Å². The highest BCUT2D eigenvalue weighted by molar-refractivity contribution is 6.01. The molecular formula is C33H36F3N5. The Balaban J connectivity index is 2.09. The molecule has 1 aromatic heterocycles. The van der Waals surface area contributed by atoms with Gasteiger partial charge in [-0.25, -0.2) is 23.1 Å². The van der Waals surface area contributed by atoms with Gasteiger partial charge >= 0.3 is 0 Å². The highest BCUT2D eigenvalue weighted by Gasteiger charge is 2.14. The molecule has 0 radical (unpaired) electrons. The maximum atomic E-state index is 13.7. The second-order valence-corrected chi connectivity index (χ2v) is 9.15. The van der Waals surface area contributed by atoms with Crippen molar-refractivity contribution in [2.75, 3.05) is 11.9 Å². The average Bonchev–Trinajstić information content (AvgIpc) is 2.98. The molecule has 0 spiro atoms. The molecule has 0 aliphatic carbocycles. The molecule has 0 amide bonds. The van der Waals surface area contributed by atoms with Gasteiger partial charge in [-0.2, -0.15) is 0 Å². The minimum Gasteiger partial charge on any atom is -0.365 e. The van der Waals surface area contributed by atoms with Crippen LogP contribution in [0.1, 0.15) is 52.5 Å². The van der Waals surface area contributed by atoms with Crippen molar-refractivity contribution in [2.45, 2.75) is 53.4 Å². The van der Waals surface area contributed by atoms with E-state index in [0.29, 0.717) is 24.3 Å². The monoisotopic (exact) mass is 559 g/mol. The maximum absolute atomic E-state index is 13.7. The molecule has 0 saturated heterocycles. The molecule has 0 atom stereocenters. The number of hydrogen-bond acceptors (Lipinski definition) is 5. The Bertz CT molecular complexity index is 1480. The van der Waals surface area contributed by atoms with Crippen molar-refractivity contribution < 1.29 is 13.2 Å². The predicted octanol–water partition coefficient (Wildman–Crippen LogP) is 9.21. The predicted molar refractivity (Wildman–Crippen MR) is 166 cm³/mol. The zero-order valence-corrected chi connectivity index (χ0v) is 23.9. The Morgan fingerprint density at radius 3 is 2.49 bits per heavy atom. The molecule has 41 heavy (non-hydrogen) atoms. The van der Waals surface area contributed by atoms with E-state index in [9.17, 15) is 13.2 Å². The SMILES string of the molecule is CC=N/C=C(\C=C\CC)c1cc(-c2ccc(F)cc2)cc2c(NCC(=C/C)/C=N/C(=C/CCC)C(F)F)ncnc12. The minimum atomic E-state index is -2.64. The summed E-state index contributed by atoms with van der Waals surface area (Å²) >= 11 is 0. The third-order valence-electron chi connectivity index (χ3n) is 6.20. The fraction of sp³-hybridized carbons (Fsp3) is 0.273. The summed E-state index contributed by atoms with van der Waals surface area (Å²) in [6, 6.07) is 10.3. The van der Waals surface area contributed by atoms with Crippen molar-refractivity contribution in [3.05, 3.63) is 95.9 Å². The quantitative estimate of drug-likeness (QED) is 0.168. The molecular weight excluding hydrogens is 523 g/mol. The van der Waals surface area contributed by atoms with E-state index in [1.165, 1.54) is 30.8 Å². The fourth-order valence-electron chi connectivity index (χ4n) is 4.00. The molecule has 2 aromatic carbocycles. The van der Waals surface area contributed by atoms with Crippen molar-refractivity contribution in [3.8, 4) is 11.1 Å². The van der Waals surface area contributed by atoms with E-state index >= 15 is 0 Å². The normalized spacial score (nSPS) is 13.5. The number of alkyl halides is 2. The zero-order valence-electron chi connectivity index (χ0n) is 23.9. The van der Waals surface area contributed by atoms with Crippen LogP contribution in [0.2, 0.25) is 0 Å². The highest BCUT2D eigenvalue weighted by Crippen LogP contribution is 2.34. The van der Waals surface area contributed by atoms with Gasteiger partial charge in [0.25, 0.3) is 6.43 Å². The Hall–Kier alpha value is -4.33. The van der Waals surface area contributed by atoms with Crippen molar-refractivity contribution in [1.82, 2.24) is 9.97 Å². The molecule has 0 aliphatic rings. The van der Waals surface area contributed by atoms with E-state index in [4.69, 9.17) is 0 Å². The van der Waals surface area contributed by atoms with Crippen LogP contribution < -0.4 is 5.32 Å². The van der Waals surface area contributed by atoms with Crippen LogP contribution in [0, 0.1) is 5.82 Å². The van der Waals surface area contributed by atoms with Crippen LogP contribution in [0.25, 0.3) is 27.6 Å². The van der Waals surface area contributed by atoms with Crippen LogP contribution in [0.4, 0.5) is 19.0 Å². The third kappa shape index (κ3) is 8.83. The summed E-state index contributed by atoms with van der Waals surface area (Å²) in [6.45, 7) is 7.97. The lowest BCUT2D eigenvalue weighted by atomic mass is 9.95. The number of rotatable bonds is 13. The van der Waals surface area contributed by atoms with Crippen LogP contribution in [0.3, 0.4) is 0 Å². The van der Waals surface area contributed by atoms with E-state index in [-0.39, 0.29) is 11.5 Å². The molecule has 0 fully saturated rings. The van der Waals surface area contributed by atoms with Crippen molar-refractivity contribution in [3.63, 3.8) is 0 Å². The Morgan fingerprint density at radius 2 is 1.83 bits per heavy atom. The van der Waals surface area contributed by atoms with Gasteiger partial charge in [-0.05, 0) is 67.7 Å². The van der Waals surface area contributed by atoms with Crippen LogP contribution in [0.5, 0.6) is 0 Å². The highest BCUT2D eigenvalue weighted by atomic mass is 19.3. The first-order chi connectivity index (χ1) is 19.9. The first-order valence-corrected chi connectivity index (χ1v) is 13.7. The van der Waals surface area contributed by atoms with Gasteiger partial charge in [-0.15, -0.1) is 0 Å². The van der Waals surface area contributed by atoms with Gasteiger partial charge in [0, 0.05) is 41.7 Å². The molecule has 3 aromatic rings. The molecule has 1 N–H and O–H groups in total. The minimum absolute atomic E-state index is 0.235. The van der Waals surface area contributed by atoms with Gasteiger partial charge in [0.05, 0.1) is 5.52 Å². The van der Waals surface area contributed by atoms with Gasteiger partial charge in [0.2, 0.25) is 0 Å². The first kappa shape index (κ1) is 31.2. The summed E-state index contributed by atoms with van der Waals surface area (Å²) < 4.78 is 40.5. The molecule has 214 valence electrons. The van der Waals surface area contributed by atoms with Gasteiger partial charge in [0.1, 0.15) is 23.7 Å². The van der Waals surface area contributed by atoms with Crippen LogP contribution in [-0.2, 0) is 0 Å². The number of benzene rings is 2. The number of aliphatic imine (C=N–C) groups is 2. The topological polar surface area (TPSA) is 62.5 Å². The number of nitrogens with one attached hydrogen (secondary N) is 1. The first-order valence-electron chi connectivity index (χ1n) is 13.7. The van der Waals surface area contributed by atoms with Gasteiger partial charge in [-0.1, -0.05) is 56.7 Å². The smallest absolute Gasteiger partial charge is 0.280 e. The summed E-state index contributed by atoms with van der Waals surface area (Å²) in [6.07, 6.45) is 13.3. The second kappa shape index (κ2) is 16.1. The Kier molecular flexibility index (Phi) is 12.2. The lowest BCUT2D eigenvalue weighted by Gasteiger charge is -2.14. The van der Waals surface area contributed by atoms with E-state index < -0.39 is 6.43 Å². The molecule has 0 saturated carbocycles. The van der Waals surface area contributed by atoms with Crippen LogP contribution in [-0.4, -0.2) is 35.4 Å². The zero-order chi connectivity index (χ0) is 29.6. The van der Waals surface area contributed by atoms with E-state index in [1.54, 1.807) is 24.5 Å². The Morgan fingerprint density at radius 1 is 1.05 bits per heavy atom. The molecule has 5 nitrogen and oxygen atoms in total. The van der Waals surface area contributed by atoms with Gasteiger partial charge in [-0.3, -0.25) is 9.98 Å². The number of halogens is 3. The van der Waals surface area contributed by atoms with Crippen LogP contribution >= 0.6 is 0 Å². The lowest BCUT2D eigenvalue weighted by molar-refractivity contribution is 0.188. The summed E-state index contributed by atoms with van der Waals surface area (Å²) in [5, 5.41) is 4.08. The lowest BCUT2D eigenvalue weighted by Crippen LogP contribution is -2.09. The number of unbranched alkanes of at least 4 members (excludes halogenated alkanes) is 1. The average molecular weight is 560 g/mol. The van der Waals surface area contributed by atoms with Crippen molar-refractivity contribution >= 4 is 34.7 Å². The molecule has 3 rings (SSSR count). The van der Waals surface area contributed by atoms with E-state index in [0.717, 1.165) is 46.1 Å². The van der Waals surface area contributed by atoms with Crippen molar-refractivity contribution in [1.29, 1.82) is 0 Å². The van der Waals surface area contributed by atoms with E-state index in [2.05, 4.69) is 32.2 Å². The largest absolute Gasteiger partial charge is 0.365 e. The number of allylic oxidation sites excluding steroid dienone is 6. The number of anilines is 1. The summed E-state index contributed by atoms with van der Waals surface area (Å²) in [7, 11) is 0. The second-order valence-electron chi connectivity index (χ2n) is 9.15. The molecule has 8 heteroatoms. The van der Waals surface area contributed by atoms with Crippen molar-refractivity contribution in [2.24, 2.45) is 9.98 Å². The summed E-state index contributed by atoms with van der Waals surface area (Å²) in [4.78, 5) is 17.5. The fourth-order valence-corrected chi connectivity index (χ4v) is 4.00. The molecule has 0 aliphatic heterocycles. The Labute approximate surface area is 240 Å². The maximum Gasteiger partial charge on any atom is 0.280 e. The number of fused-ring (bicyclic) bond motifs is 1. The summed E-state index contributed by atoms with van der Waals surface area (Å²) in [5.74, 6) is 0.255. The van der Waals surface area contributed by atoms with Gasteiger partial charge < -0.3 is 5.32 Å². The standard InChI is InChI=1S/C33H36F3N5/c1-5-9-11-25(21-37-8-4)28-17-26(24-13-15-27(34)16-14-24)18-29-31(28)40-22-41-33(29)39-20-23(7-3)19-38-30(32(35)36)12-10-6-2/h7-9,11-19,21-22,32H,5-6,10,20H2,1-4H3,(H,39,40,41)/b11-9+,23-7+,25-21+,30-12+,37-8?,38-19+. The van der Waals surface area contributed by atoms with E-state index in [1.807, 2.05) is 51.1 Å². The number of nitrogens with zero attached hydrogens (tertiary/aromatic N) is 4. The number of aromatic nitrogens is 2. The molecule has 1 heterocycles. The molecule has 0 bridgehead atoms. The van der Waals surface area contributed by atoms with Crippen LogP contribution in [0.15, 0.2) is 94.5 Å².